The molecule has 2 nitrogen and oxygen atoms in total. The summed E-state index contributed by atoms with van der Waals surface area (Å²) in [5, 5.41) is 0. The summed E-state index contributed by atoms with van der Waals surface area (Å²) in [6, 6.07) is 6.95. The van der Waals surface area contributed by atoms with Gasteiger partial charge in [0.05, 0.1) is 0 Å². The van der Waals surface area contributed by atoms with Gasteiger partial charge in [-0.2, -0.15) is 0 Å². The first-order chi connectivity index (χ1) is 7.75. The Labute approximate surface area is 96.3 Å². The molecular formula is C14H17NO. The molecule has 0 atom stereocenters. The maximum atomic E-state index is 11.3. The molecule has 0 saturated heterocycles. The van der Waals surface area contributed by atoms with Crippen molar-refractivity contribution in [3.05, 3.63) is 29.3 Å². The van der Waals surface area contributed by atoms with E-state index in [2.05, 4.69) is 17.0 Å². The Balaban J connectivity index is 1.92. The molecule has 1 saturated carbocycles. The summed E-state index contributed by atoms with van der Waals surface area (Å²) in [6.07, 6.45) is 5.16. The molecule has 0 unspecified atom stereocenters. The average molecular weight is 215 g/mol. The summed E-state index contributed by atoms with van der Waals surface area (Å²) in [4.78, 5) is 13.8. The highest BCUT2D eigenvalue weighted by molar-refractivity contribution is 5.94. The van der Waals surface area contributed by atoms with Crippen LogP contribution in [-0.2, 0) is 6.42 Å². The van der Waals surface area contributed by atoms with E-state index in [9.17, 15) is 4.79 Å². The third kappa shape index (κ3) is 1.44. The van der Waals surface area contributed by atoms with Crippen molar-refractivity contribution in [3.8, 4) is 0 Å². The quantitative estimate of drug-likeness (QED) is 0.707. The largest absolute Gasteiger partial charge is 0.368 e. The number of carbonyl (C=O) groups excluding carboxylic acids is 1. The number of benzene rings is 1. The zero-order chi connectivity index (χ0) is 11.1. The fraction of sp³-hybridized carbons (Fsp3) is 0.500. The van der Waals surface area contributed by atoms with E-state index in [1.54, 1.807) is 6.92 Å². The van der Waals surface area contributed by atoms with Gasteiger partial charge in [-0.25, -0.2) is 0 Å². The van der Waals surface area contributed by atoms with E-state index in [1.807, 2.05) is 6.07 Å². The van der Waals surface area contributed by atoms with Crippen LogP contribution in [0.2, 0.25) is 0 Å². The van der Waals surface area contributed by atoms with Crippen molar-refractivity contribution >= 4 is 11.5 Å². The molecule has 1 heterocycles. The Morgan fingerprint density at radius 2 is 2.19 bits per heavy atom. The van der Waals surface area contributed by atoms with Crippen molar-refractivity contribution in [2.24, 2.45) is 0 Å². The molecule has 0 spiro atoms. The Hall–Kier alpha value is -1.31. The molecule has 1 aliphatic carbocycles. The van der Waals surface area contributed by atoms with E-state index in [4.69, 9.17) is 0 Å². The first kappa shape index (κ1) is 9.88. The summed E-state index contributed by atoms with van der Waals surface area (Å²) in [5.41, 5.74) is 3.59. The van der Waals surface area contributed by atoms with Crippen molar-refractivity contribution in [1.29, 1.82) is 0 Å². The van der Waals surface area contributed by atoms with Crippen LogP contribution < -0.4 is 4.90 Å². The summed E-state index contributed by atoms with van der Waals surface area (Å²) >= 11 is 0. The Morgan fingerprint density at radius 3 is 2.81 bits per heavy atom. The van der Waals surface area contributed by atoms with Gasteiger partial charge in [0, 0.05) is 23.8 Å². The molecule has 2 aliphatic rings. The van der Waals surface area contributed by atoms with Crippen molar-refractivity contribution in [2.75, 3.05) is 11.4 Å². The molecule has 1 fully saturated rings. The number of Topliss-reactive ketones (excluding diaryl/α,β-unsaturated/α-hetero) is 1. The highest BCUT2D eigenvalue weighted by Gasteiger charge is 2.29. The predicted molar refractivity (Wildman–Crippen MR) is 65.1 cm³/mol. The highest BCUT2D eigenvalue weighted by atomic mass is 16.1. The minimum atomic E-state index is 0.171. The molecule has 0 radical (unpaired) electrons. The molecule has 0 N–H and O–H groups in total. The highest BCUT2D eigenvalue weighted by Crippen LogP contribution is 2.36. The van der Waals surface area contributed by atoms with Crippen molar-refractivity contribution in [3.63, 3.8) is 0 Å². The minimum absolute atomic E-state index is 0.171. The molecule has 2 heteroatoms. The van der Waals surface area contributed by atoms with Crippen LogP contribution in [-0.4, -0.2) is 18.4 Å². The van der Waals surface area contributed by atoms with Crippen LogP contribution in [0, 0.1) is 0 Å². The summed E-state index contributed by atoms with van der Waals surface area (Å²) < 4.78 is 0. The van der Waals surface area contributed by atoms with Crippen LogP contribution in [0.5, 0.6) is 0 Å². The fourth-order valence-corrected chi connectivity index (χ4v) is 2.72. The van der Waals surface area contributed by atoms with Gasteiger partial charge in [-0.3, -0.25) is 4.79 Å². The van der Waals surface area contributed by atoms with Gasteiger partial charge < -0.3 is 4.90 Å². The molecule has 1 aromatic rings. The third-order valence-electron chi connectivity index (χ3n) is 3.93. The lowest BCUT2D eigenvalue weighted by Gasteiger charge is -2.36. The molecule has 0 amide bonds. The predicted octanol–water partition coefficient (Wildman–Crippen LogP) is 2.80. The van der Waals surface area contributed by atoms with Crippen LogP contribution in [0.4, 0.5) is 5.69 Å². The summed E-state index contributed by atoms with van der Waals surface area (Å²) in [5.74, 6) is 0.171. The molecule has 0 aromatic heterocycles. The van der Waals surface area contributed by atoms with Gasteiger partial charge >= 0.3 is 0 Å². The van der Waals surface area contributed by atoms with Gasteiger partial charge in [0.2, 0.25) is 0 Å². The number of hydrogen-bond donors (Lipinski definition) is 0. The maximum absolute atomic E-state index is 11.3. The van der Waals surface area contributed by atoms with Gasteiger partial charge in [0.1, 0.15) is 0 Å². The minimum Gasteiger partial charge on any atom is -0.368 e. The molecule has 0 bridgehead atoms. The van der Waals surface area contributed by atoms with E-state index in [0.717, 1.165) is 24.6 Å². The molecular weight excluding hydrogens is 198 g/mol. The smallest absolute Gasteiger partial charge is 0.159 e. The number of fused-ring (bicyclic) bond motifs is 1. The molecule has 1 aliphatic heterocycles. The Kier molecular flexibility index (Phi) is 2.23. The lowest BCUT2D eigenvalue weighted by atomic mass is 9.91. The van der Waals surface area contributed by atoms with Crippen LogP contribution in [0.1, 0.15) is 42.1 Å². The third-order valence-corrected chi connectivity index (χ3v) is 3.93. The van der Waals surface area contributed by atoms with Gasteiger partial charge in [0.25, 0.3) is 0 Å². The van der Waals surface area contributed by atoms with Gasteiger partial charge in [-0.15, -0.1) is 0 Å². The van der Waals surface area contributed by atoms with Crippen molar-refractivity contribution in [1.82, 2.24) is 0 Å². The zero-order valence-electron chi connectivity index (χ0n) is 9.70. The van der Waals surface area contributed by atoms with Crippen LogP contribution >= 0.6 is 0 Å². The average Bonchev–Trinajstić information content (AvgIpc) is 2.59. The second-order valence-corrected chi connectivity index (χ2v) is 4.93. The summed E-state index contributed by atoms with van der Waals surface area (Å²) in [6.45, 7) is 2.78. The van der Waals surface area contributed by atoms with E-state index < -0.39 is 0 Å². The number of carbonyl (C=O) groups is 1. The number of nitrogens with zero attached hydrogens (tertiary/aromatic N) is 1. The van der Waals surface area contributed by atoms with Gasteiger partial charge in [0.15, 0.2) is 5.78 Å². The van der Waals surface area contributed by atoms with E-state index in [1.165, 1.54) is 30.5 Å². The van der Waals surface area contributed by atoms with E-state index >= 15 is 0 Å². The lowest BCUT2D eigenvalue weighted by Crippen LogP contribution is -2.38. The SMILES string of the molecule is CC(=O)c1ccc2c(c1)CCN2C1CCC1. The van der Waals surface area contributed by atoms with Gasteiger partial charge in [-0.05, 0) is 56.4 Å². The second kappa shape index (κ2) is 3.62. The van der Waals surface area contributed by atoms with Gasteiger partial charge in [-0.1, -0.05) is 0 Å². The van der Waals surface area contributed by atoms with Crippen LogP contribution in [0.3, 0.4) is 0 Å². The second-order valence-electron chi connectivity index (χ2n) is 4.93. The number of anilines is 1. The fourth-order valence-electron chi connectivity index (χ4n) is 2.72. The van der Waals surface area contributed by atoms with Crippen molar-refractivity contribution < 1.29 is 4.79 Å². The monoisotopic (exact) mass is 215 g/mol. The van der Waals surface area contributed by atoms with Crippen molar-refractivity contribution in [2.45, 2.75) is 38.6 Å². The zero-order valence-corrected chi connectivity index (χ0v) is 9.70. The normalized spacial score (nSPS) is 19.4. The number of rotatable bonds is 2. The first-order valence-corrected chi connectivity index (χ1v) is 6.16. The summed E-state index contributed by atoms with van der Waals surface area (Å²) in [7, 11) is 0. The standard InChI is InChI=1S/C14H17NO/c1-10(16)11-5-6-14-12(9-11)7-8-15(14)13-3-2-4-13/h5-6,9,13H,2-4,7-8H2,1H3. The first-order valence-electron chi connectivity index (χ1n) is 6.16. The topological polar surface area (TPSA) is 20.3 Å². The molecule has 16 heavy (non-hydrogen) atoms. The Bertz CT molecular complexity index is 434. The lowest BCUT2D eigenvalue weighted by molar-refractivity contribution is 0.101. The Morgan fingerprint density at radius 1 is 1.38 bits per heavy atom. The van der Waals surface area contributed by atoms with Crippen LogP contribution in [0.25, 0.3) is 0 Å². The van der Waals surface area contributed by atoms with E-state index in [0.29, 0.717) is 0 Å². The van der Waals surface area contributed by atoms with E-state index in [-0.39, 0.29) is 5.78 Å². The maximum Gasteiger partial charge on any atom is 0.159 e. The molecule has 84 valence electrons. The number of ketones is 1. The molecule has 3 rings (SSSR count). The molecule has 1 aromatic carbocycles. The number of hydrogen-bond acceptors (Lipinski definition) is 2. The van der Waals surface area contributed by atoms with Crippen LogP contribution in [0.15, 0.2) is 18.2 Å².